The second-order valence-electron chi connectivity index (χ2n) is 6.30. The highest BCUT2D eigenvalue weighted by Crippen LogP contribution is 2.34. The molecule has 0 saturated heterocycles. The summed E-state index contributed by atoms with van der Waals surface area (Å²) in [5.41, 5.74) is 11.0. The van der Waals surface area contributed by atoms with Crippen LogP contribution in [0.25, 0.3) is 0 Å². The molecule has 0 aliphatic rings. The van der Waals surface area contributed by atoms with E-state index in [2.05, 4.69) is 27.8 Å². The number of nitrogen functional groups attached to an aromatic ring is 1. The van der Waals surface area contributed by atoms with Gasteiger partial charge in [-0.15, -0.1) is 0 Å². The van der Waals surface area contributed by atoms with Crippen LogP contribution in [0, 0.1) is 36.5 Å². The predicted molar refractivity (Wildman–Crippen MR) is 112 cm³/mol. The number of hydrogen-bond acceptors (Lipinski definition) is 6. The smallest absolute Gasteiger partial charge is 0.153 e. The molecule has 0 amide bonds. The monoisotopic (exact) mass is 388 g/mol. The van der Waals surface area contributed by atoms with E-state index in [1.807, 2.05) is 13.8 Å². The van der Waals surface area contributed by atoms with Gasteiger partial charge >= 0.3 is 0 Å². The van der Waals surface area contributed by atoms with Crippen LogP contribution >= 0.6 is 11.6 Å². The van der Waals surface area contributed by atoms with E-state index in [-0.39, 0.29) is 0 Å². The van der Waals surface area contributed by atoms with Crippen LogP contribution in [0.2, 0.25) is 5.02 Å². The molecule has 3 rings (SSSR count). The zero-order valence-electron chi connectivity index (χ0n) is 15.3. The first kappa shape index (κ1) is 19.0. The van der Waals surface area contributed by atoms with Crippen LogP contribution in [0.15, 0.2) is 42.5 Å². The van der Waals surface area contributed by atoms with Crippen molar-refractivity contribution in [2.45, 2.75) is 13.8 Å². The van der Waals surface area contributed by atoms with Gasteiger partial charge in [-0.05, 0) is 61.4 Å². The van der Waals surface area contributed by atoms with E-state index < -0.39 is 0 Å². The number of halogens is 1. The largest absolute Gasteiger partial charge is 0.397 e. The van der Waals surface area contributed by atoms with Crippen LogP contribution in [0.3, 0.4) is 0 Å². The molecule has 138 valence electrons. The highest BCUT2D eigenvalue weighted by Gasteiger charge is 2.13. The summed E-state index contributed by atoms with van der Waals surface area (Å²) in [5.74, 6) is 0.923. The third-order valence-corrected chi connectivity index (χ3v) is 4.57. The van der Waals surface area contributed by atoms with Crippen LogP contribution in [-0.4, -0.2) is 4.98 Å². The summed E-state index contributed by atoms with van der Waals surface area (Å²) in [4.78, 5) is 4.53. The zero-order chi connectivity index (χ0) is 20.3. The number of hydrogen-bond donors (Lipinski definition) is 3. The summed E-state index contributed by atoms with van der Waals surface area (Å²) in [7, 11) is 0. The SMILES string of the molecule is Cc1cc(C#N)cc(C)c1Nc1nc(Nc2ccc(C#N)cc2)cc(N)c1Cl. The van der Waals surface area contributed by atoms with Crippen LogP contribution < -0.4 is 16.4 Å². The lowest BCUT2D eigenvalue weighted by molar-refractivity contribution is 1.27. The number of pyridine rings is 1. The molecule has 1 aromatic heterocycles. The molecule has 0 spiro atoms. The second kappa shape index (κ2) is 7.87. The molecular formula is C21H17ClN6. The number of nitrogens with zero attached hydrogens (tertiary/aromatic N) is 3. The van der Waals surface area contributed by atoms with Gasteiger partial charge in [0.1, 0.15) is 10.8 Å². The van der Waals surface area contributed by atoms with Crippen LogP contribution in [0.1, 0.15) is 22.3 Å². The van der Waals surface area contributed by atoms with E-state index in [1.54, 1.807) is 42.5 Å². The van der Waals surface area contributed by atoms with E-state index in [9.17, 15) is 0 Å². The van der Waals surface area contributed by atoms with Crippen molar-refractivity contribution >= 4 is 40.3 Å². The van der Waals surface area contributed by atoms with Crippen molar-refractivity contribution in [3.63, 3.8) is 0 Å². The third kappa shape index (κ3) is 3.98. The predicted octanol–water partition coefficient (Wildman–Crippen LogP) is 5.16. The molecule has 0 bridgehead atoms. The first-order valence-electron chi connectivity index (χ1n) is 8.43. The molecule has 4 N–H and O–H groups in total. The Balaban J connectivity index is 1.94. The molecule has 6 nitrogen and oxygen atoms in total. The van der Waals surface area contributed by atoms with Crippen LogP contribution in [0.5, 0.6) is 0 Å². The molecule has 2 aromatic carbocycles. The van der Waals surface area contributed by atoms with Crippen molar-refractivity contribution in [2.75, 3.05) is 16.4 Å². The fourth-order valence-electron chi connectivity index (χ4n) is 2.82. The molecule has 28 heavy (non-hydrogen) atoms. The summed E-state index contributed by atoms with van der Waals surface area (Å²) in [6.45, 7) is 3.82. The first-order chi connectivity index (χ1) is 13.4. The van der Waals surface area contributed by atoms with Crippen molar-refractivity contribution in [2.24, 2.45) is 0 Å². The minimum Gasteiger partial charge on any atom is -0.397 e. The first-order valence-corrected chi connectivity index (χ1v) is 8.80. The van der Waals surface area contributed by atoms with Crippen molar-refractivity contribution in [1.29, 1.82) is 10.5 Å². The second-order valence-corrected chi connectivity index (χ2v) is 6.67. The fourth-order valence-corrected chi connectivity index (χ4v) is 2.96. The van der Waals surface area contributed by atoms with E-state index in [4.69, 9.17) is 27.9 Å². The maximum absolute atomic E-state index is 9.11. The van der Waals surface area contributed by atoms with Crippen molar-refractivity contribution < 1.29 is 0 Å². The van der Waals surface area contributed by atoms with Gasteiger partial charge < -0.3 is 16.4 Å². The number of nitrogens with one attached hydrogen (secondary N) is 2. The van der Waals surface area contributed by atoms with Crippen LogP contribution in [0.4, 0.5) is 28.7 Å². The number of aromatic nitrogens is 1. The van der Waals surface area contributed by atoms with Gasteiger partial charge in [0.15, 0.2) is 5.82 Å². The number of nitrogens with two attached hydrogens (primary N) is 1. The Morgan fingerprint density at radius 1 is 0.929 bits per heavy atom. The molecule has 0 aliphatic carbocycles. The third-order valence-electron chi connectivity index (χ3n) is 4.18. The number of aryl methyl sites for hydroxylation is 2. The maximum Gasteiger partial charge on any atom is 0.153 e. The number of rotatable bonds is 4. The Morgan fingerprint density at radius 2 is 1.54 bits per heavy atom. The summed E-state index contributed by atoms with van der Waals surface area (Å²) in [5, 5.41) is 24.7. The quantitative estimate of drug-likeness (QED) is 0.569. The normalized spacial score (nSPS) is 10.0. The Kier molecular flexibility index (Phi) is 5.35. The molecule has 7 heteroatoms. The zero-order valence-corrected chi connectivity index (χ0v) is 16.1. The summed E-state index contributed by atoms with van der Waals surface area (Å²) >= 11 is 6.35. The molecule has 1 heterocycles. The van der Waals surface area contributed by atoms with Gasteiger partial charge in [-0.3, -0.25) is 0 Å². The highest BCUT2D eigenvalue weighted by molar-refractivity contribution is 6.35. The molecule has 0 fully saturated rings. The molecule has 0 aliphatic heterocycles. The Bertz CT molecular complexity index is 1100. The van der Waals surface area contributed by atoms with Crippen molar-refractivity contribution in [3.05, 3.63) is 69.7 Å². The average molecular weight is 389 g/mol. The minimum atomic E-state index is 0.313. The van der Waals surface area contributed by atoms with E-state index >= 15 is 0 Å². The van der Waals surface area contributed by atoms with Gasteiger partial charge in [0, 0.05) is 17.4 Å². The summed E-state index contributed by atoms with van der Waals surface area (Å²) in [6, 6.07) is 16.5. The minimum absolute atomic E-state index is 0.313. The highest BCUT2D eigenvalue weighted by atomic mass is 35.5. The van der Waals surface area contributed by atoms with E-state index in [0.717, 1.165) is 22.5 Å². The van der Waals surface area contributed by atoms with E-state index in [0.29, 0.717) is 33.5 Å². The molecule has 0 atom stereocenters. The summed E-state index contributed by atoms with van der Waals surface area (Å²) < 4.78 is 0. The Labute approximate surface area is 168 Å². The lowest BCUT2D eigenvalue weighted by Crippen LogP contribution is -2.04. The Morgan fingerprint density at radius 3 is 2.11 bits per heavy atom. The molecule has 0 saturated carbocycles. The van der Waals surface area contributed by atoms with Gasteiger partial charge in [0.2, 0.25) is 0 Å². The number of benzene rings is 2. The standard InChI is InChI=1S/C21H17ClN6/c1-12-7-15(11-24)8-13(2)20(12)28-21-19(22)17(25)9-18(27-21)26-16-5-3-14(10-23)4-6-16/h3-9H,1-2H3,(H4,25,26,27,28). The van der Waals surface area contributed by atoms with E-state index in [1.165, 1.54) is 0 Å². The topological polar surface area (TPSA) is 111 Å². The van der Waals surface area contributed by atoms with Gasteiger partial charge in [0.25, 0.3) is 0 Å². The molecule has 3 aromatic rings. The molecule has 0 radical (unpaired) electrons. The average Bonchev–Trinajstić information content (AvgIpc) is 2.68. The Hall–Kier alpha value is -3.74. The van der Waals surface area contributed by atoms with Gasteiger partial charge in [-0.2, -0.15) is 10.5 Å². The number of anilines is 5. The lowest BCUT2D eigenvalue weighted by Gasteiger charge is -2.16. The fraction of sp³-hybridized carbons (Fsp3) is 0.0952. The van der Waals surface area contributed by atoms with Crippen molar-refractivity contribution in [3.8, 4) is 12.1 Å². The van der Waals surface area contributed by atoms with Crippen LogP contribution in [-0.2, 0) is 0 Å². The van der Waals surface area contributed by atoms with Gasteiger partial charge in [0.05, 0.1) is 29.0 Å². The van der Waals surface area contributed by atoms with Gasteiger partial charge in [-0.25, -0.2) is 4.98 Å². The number of nitriles is 2. The molecular weight excluding hydrogens is 372 g/mol. The van der Waals surface area contributed by atoms with Gasteiger partial charge in [-0.1, -0.05) is 11.6 Å². The molecule has 0 unspecified atom stereocenters. The van der Waals surface area contributed by atoms with Crippen molar-refractivity contribution in [1.82, 2.24) is 4.98 Å². The lowest BCUT2D eigenvalue weighted by atomic mass is 10.0. The summed E-state index contributed by atoms with van der Waals surface area (Å²) in [6.07, 6.45) is 0. The maximum atomic E-state index is 9.11.